The van der Waals surface area contributed by atoms with Gasteiger partial charge in [0.1, 0.15) is 0 Å². The molecule has 0 amide bonds. The largest absolute Gasteiger partial charge is 0.246 e. The molecule has 3 aromatic carbocycles. The summed E-state index contributed by atoms with van der Waals surface area (Å²) < 4.78 is 1.81. The van der Waals surface area contributed by atoms with Crippen molar-refractivity contribution in [2.24, 2.45) is 0 Å². The molecule has 1 aromatic heterocycles. The average molecular weight is 323 g/mol. The molecule has 25 heavy (non-hydrogen) atoms. The summed E-state index contributed by atoms with van der Waals surface area (Å²) in [5.41, 5.74) is 6.42. The molecular formula is C23H19N2+. The fourth-order valence-corrected chi connectivity index (χ4v) is 4.19. The molecule has 1 heterocycles. The second-order valence-corrected chi connectivity index (χ2v) is 6.71. The number of nitrogen functional groups attached to an aromatic ring is 1. The van der Waals surface area contributed by atoms with Gasteiger partial charge < -0.3 is 0 Å². The van der Waals surface area contributed by atoms with Gasteiger partial charge in [-0.15, -0.1) is 0 Å². The highest BCUT2D eigenvalue weighted by atomic mass is 15.3. The Balaban J connectivity index is 1.91. The standard InChI is InChI=1S/C23H19N2/c24-25-15-18-11-5-6-12-19(18)22-21(16-8-2-1-3-9-16)14-17-10-4-7-13-20(17)23(22)25/h1-13,15,21H,14,24H2/q+1. The lowest BCUT2D eigenvalue weighted by Gasteiger charge is -2.26. The van der Waals surface area contributed by atoms with Gasteiger partial charge in [-0.1, -0.05) is 71.4 Å². The number of fused-ring (bicyclic) bond motifs is 5. The van der Waals surface area contributed by atoms with Gasteiger partial charge in [0.25, 0.3) is 0 Å². The lowest BCUT2D eigenvalue weighted by atomic mass is 9.76. The summed E-state index contributed by atoms with van der Waals surface area (Å²) in [6.07, 6.45) is 3.04. The Hall–Kier alpha value is -3.13. The van der Waals surface area contributed by atoms with Gasteiger partial charge >= 0.3 is 0 Å². The summed E-state index contributed by atoms with van der Waals surface area (Å²) in [7, 11) is 0. The van der Waals surface area contributed by atoms with Crippen molar-refractivity contribution in [3.63, 3.8) is 0 Å². The van der Waals surface area contributed by atoms with Crippen LogP contribution in [0.2, 0.25) is 0 Å². The normalized spacial score (nSPS) is 15.6. The molecule has 0 saturated heterocycles. The van der Waals surface area contributed by atoms with Crippen molar-refractivity contribution in [2.75, 3.05) is 5.84 Å². The topological polar surface area (TPSA) is 29.9 Å². The van der Waals surface area contributed by atoms with Crippen LogP contribution in [0.3, 0.4) is 0 Å². The van der Waals surface area contributed by atoms with Crippen LogP contribution in [0.4, 0.5) is 0 Å². The van der Waals surface area contributed by atoms with Crippen LogP contribution in [0.1, 0.15) is 22.6 Å². The Morgan fingerprint density at radius 1 is 0.800 bits per heavy atom. The lowest BCUT2D eigenvalue weighted by Crippen LogP contribution is -2.48. The van der Waals surface area contributed by atoms with Crippen molar-refractivity contribution in [3.8, 4) is 11.3 Å². The highest BCUT2D eigenvalue weighted by molar-refractivity contribution is 5.90. The second kappa shape index (κ2) is 5.45. The highest BCUT2D eigenvalue weighted by Gasteiger charge is 2.34. The van der Waals surface area contributed by atoms with Gasteiger partial charge in [0.05, 0.1) is 5.56 Å². The minimum atomic E-state index is 0.312. The summed E-state index contributed by atoms with van der Waals surface area (Å²) >= 11 is 0. The van der Waals surface area contributed by atoms with Gasteiger partial charge in [0, 0.05) is 16.9 Å². The number of rotatable bonds is 1. The van der Waals surface area contributed by atoms with Crippen LogP contribution in [-0.4, -0.2) is 0 Å². The second-order valence-electron chi connectivity index (χ2n) is 6.71. The zero-order valence-corrected chi connectivity index (χ0v) is 13.9. The molecule has 2 nitrogen and oxygen atoms in total. The van der Waals surface area contributed by atoms with Crippen molar-refractivity contribution in [2.45, 2.75) is 12.3 Å². The Morgan fingerprint density at radius 3 is 2.40 bits per heavy atom. The van der Waals surface area contributed by atoms with Gasteiger partial charge in [-0.2, -0.15) is 0 Å². The molecule has 1 unspecified atom stereocenters. The molecule has 0 bridgehead atoms. The van der Waals surface area contributed by atoms with Crippen LogP contribution in [0.15, 0.2) is 85.1 Å². The SMILES string of the molecule is N[n+]1cc2ccccc2c2c1-c1ccccc1CC2c1ccccc1. The molecular weight excluding hydrogens is 304 g/mol. The summed E-state index contributed by atoms with van der Waals surface area (Å²) in [4.78, 5) is 0. The fourth-order valence-electron chi connectivity index (χ4n) is 4.19. The van der Waals surface area contributed by atoms with Crippen molar-refractivity contribution in [1.29, 1.82) is 0 Å². The van der Waals surface area contributed by atoms with E-state index in [-0.39, 0.29) is 0 Å². The van der Waals surface area contributed by atoms with Gasteiger partial charge in [-0.05, 0) is 35.1 Å². The predicted octanol–water partition coefficient (Wildman–Crippen LogP) is 4.20. The van der Waals surface area contributed by atoms with E-state index < -0.39 is 0 Å². The molecule has 2 heteroatoms. The molecule has 1 atom stereocenters. The molecule has 5 rings (SSSR count). The number of nitrogens with zero attached hydrogens (tertiary/aromatic N) is 1. The van der Waals surface area contributed by atoms with E-state index in [0.29, 0.717) is 5.92 Å². The van der Waals surface area contributed by atoms with E-state index in [1.807, 2.05) is 10.9 Å². The van der Waals surface area contributed by atoms with Crippen molar-refractivity contribution in [3.05, 3.63) is 102 Å². The molecule has 1 aliphatic carbocycles. The number of nitrogens with two attached hydrogens (primary N) is 1. The molecule has 0 saturated carbocycles. The smallest absolute Gasteiger partial charge is 0.205 e. The van der Waals surface area contributed by atoms with E-state index in [0.717, 1.165) is 12.1 Å². The highest BCUT2D eigenvalue weighted by Crippen LogP contribution is 2.43. The summed E-state index contributed by atoms with van der Waals surface area (Å²) in [5, 5.41) is 2.48. The quantitative estimate of drug-likeness (QED) is 0.413. The first-order chi connectivity index (χ1) is 12.3. The van der Waals surface area contributed by atoms with Crippen LogP contribution in [0.25, 0.3) is 22.0 Å². The molecule has 1 aliphatic rings. The number of pyridine rings is 1. The third-order valence-corrected chi connectivity index (χ3v) is 5.29. The Labute approximate surface area is 147 Å². The summed E-state index contributed by atoms with van der Waals surface area (Å²) in [5.74, 6) is 6.79. The van der Waals surface area contributed by atoms with Crippen LogP contribution in [0, 0.1) is 0 Å². The van der Waals surface area contributed by atoms with Gasteiger partial charge in [0.2, 0.25) is 11.9 Å². The molecule has 0 spiro atoms. The maximum absolute atomic E-state index is 6.48. The maximum Gasteiger partial charge on any atom is 0.246 e. The maximum atomic E-state index is 6.48. The summed E-state index contributed by atoms with van der Waals surface area (Å²) in [6.45, 7) is 0. The Kier molecular flexibility index (Phi) is 3.10. The van der Waals surface area contributed by atoms with Crippen LogP contribution in [0.5, 0.6) is 0 Å². The zero-order valence-electron chi connectivity index (χ0n) is 13.9. The van der Waals surface area contributed by atoms with Crippen molar-refractivity contribution < 1.29 is 4.68 Å². The van der Waals surface area contributed by atoms with E-state index in [9.17, 15) is 0 Å². The third-order valence-electron chi connectivity index (χ3n) is 5.29. The zero-order chi connectivity index (χ0) is 16.8. The lowest BCUT2D eigenvalue weighted by molar-refractivity contribution is -0.626. The number of hydrogen-bond donors (Lipinski definition) is 1. The molecule has 0 fully saturated rings. The van der Waals surface area contributed by atoms with Gasteiger partial charge in [-0.3, -0.25) is 0 Å². The molecule has 0 radical (unpaired) electrons. The Bertz CT molecular complexity index is 1080. The number of aromatic nitrogens is 1. The van der Waals surface area contributed by atoms with Crippen LogP contribution in [-0.2, 0) is 6.42 Å². The number of hydrogen-bond acceptors (Lipinski definition) is 1. The van der Waals surface area contributed by atoms with E-state index in [2.05, 4.69) is 78.9 Å². The van der Waals surface area contributed by atoms with Gasteiger partial charge in [-0.25, -0.2) is 5.84 Å². The van der Waals surface area contributed by atoms with Crippen LogP contribution >= 0.6 is 0 Å². The third kappa shape index (κ3) is 2.14. The molecule has 2 N–H and O–H groups in total. The van der Waals surface area contributed by atoms with E-state index in [1.54, 1.807) is 0 Å². The monoisotopic (exact) mass is 323 g/mol. The van der Waals surface area contributed by atoms with Gasteiger partial charge in [0.15, 0.2) is 0 Å². The van der Waals surface area contributed by atoms with E-state index >= 15 is 0 Å². The molecule has 0 aliphatic heterocycles. The average Bonchev–Trinajstić information content (AvgIpc) is 2.67. The first-order valence-electron chi connectivity index (χ1n) is 8.68. The van der Waals surface area contributed by atoms with Crippen LogP contribution < -0.4 is 10.5 Å². The Morgan fingerprint density at radius 2 is 1.52 bits per heavy atom. The minimum Gasteiger partial charge on any atom is -0.205 e. The minimum absolute atomic E-state index is 0.312. The van der Waals surface area contributed by atoms with Crippen molar-refractivity contribution in [1.82, 2.24) is 0 Å². The molecule has 4 aromatic rings. The van der Waals surface area contributed by atoms with Crippen molar-refractivity contribution >= 4 is 10.8 Å². The first-order valence-corrected chi connectivity index (χ1v) is 8.68. The predicted molar refractivity (Wildman–Crippen MR) is 102 cm³/mol. The van der Waals surface area contributed by atoms with E-state index in [4.69, 9.17) is 5.84 Å². The molecule has 120 valence electrons. The summed E-state index contributed by atoms with van der Waals surface area (Å²) in [6, 6.07) is 28.0. The van der Waals surface area contributed by atoms with E-state index in [1.165, 1.54) is 33.0 Å². The first kappa shape index (κ1) is 14.2. The fraction of sp³-hybridized carbons (Fsp3) is 0.0870. The number of benzene rings is 3.